The predicted molar refractivity (Wildman–Crippen MR) is 67.4 cm³/mol. The number of para-hydroxylation sites is 1. The molecule has 0 fully saturated rings. The van der Waals surface area contributed by atoms with E-state index < -0.39 is 0 Å². The van der Waals surface area contributed by atoms with Crippen molar-refractivity contribution >= 4 is 30.4 Å². The Bertz CT molecular complexity index is 363. The van der Waals surface area contributed by atoms with E-state index in [-0.39, 0.29) is 20.7 Å². The van der Waals surface area contributed by atoms with E-state index >= 15 is 0 Å². The van der Waals surface area contributed by atoms with Crippen LogP contribution in [0.2, 0.25) is 0 Å². The smallest absolute Gasteiger partial charge is 0.0441 e. The molecule has 0 spiro atoms. The van der Waals surface area contributed by atoms with Gasteiger partial charge >= 0.3 is 0 Å². The first-order valence-electron chi connectivity index (χ1n) is 4.09. The molecule has 1 aliphatic rings. The molecule has 2 heteroatoms. The largest absolute Gasteiger partial charge is 0.355 e. The van der Waals surface area contributed by atoms with Crippen LogP contribution in [0, 0.1) is 0 Å². The van der Waals surface area contributed by atoms with Crippen molar-refractivity contribution in [2.45, 2.75) is 0 Å². The SMILES string of the molecule is C1=CC(Nc2ccccc2)=CI=C1. The normalized spacial score (nSPS) is 14.6. The maximum atomic E-state index is 3.36. The lowest BCUT2D eigenvalue weighted by molar-refractivity contribution is 1.50. The third kappa shape index (κ3) is 2.52. The minimum Gasteiger partial charge on any atom is -0.355 e. The summed E-state index contributed by atoms with van der Waals surface area (Å²) in [5.74, 6) is 0. The molecule has 1 aromatic rings. The summed E-state index contributed by atoms with van der Waals surface area (Å²) < 4.78 is 4.53. The van der Waals surface area contributed by atoms with Crippen molar-refractivity contribution in [3.63, 3.8) is 0 Å². The van der Waals surface area contributed by atoms with Crippen LogP contribution in [-0.2, 0) is 0 Å². The highest BCUT2D eigenvalue weighted by Crippen LogP contribution is 2.15. The van der Waals surface area contributed by atoms with Crippen molar-refractivity contribution in [2.24, 2.45) is 0 Å². The van der Waals surface area contributed by atoms with Gasteiger partial charge in [-0.05, 0) is 26.3 Å². The summed E-state index contributed by atoms with van der Waals surface area (Å²) in [7, 11) is 0. The van der Waals surface area contributed by atoms with Crippen molar-refractivity contribution < 1.29 is 0 Å². The quantitative estimate of drug-likeness (QED) is 0.821. The standard InChI is InChI=1S/C11H10IN/c1-2-5-10(6-3-1)13-11-7-4-8-12-9-11/h1-9,13H. The molecule has 1 N–H and O–H groups in total. The molecule has 0 aromatic heterocycles. The van der Waals surface area contributed by atoms with E-state index in [4.69, 9.17) is 0 Å². The molecule has 2 rings (SSSR count). The fourth-order valence-electron chi connectivity index (χ4n) is 1.08. The number of rotatable bonds is 2. The Balaban J connectivity index is 2.11. The van der Waals surface area contributed by atoms with Gasteiger partial charge < -0.3 is 5.32 Å². The number of halogens is 1. The van der Waals surface area contributed by atoms with Gasteiger partial charge in [-0.3, -0.25) is 0 Å². The lowest BCUT2D eigenvalue weighted by atomic mass is 10.3. The second-order valence-electron chi connectivity index (χ2n) is 2.67. The molecule has 1 aliphatic heterocycles. The Hall–Kier alpha value is -0.900. The van der Waals surface area contributed by atoms with Gasteiger partial charge in [-0.1, -0.05) is 45.0 Å². The monoisotopic (exact) mass is 283 g/mol. The number of hydrogen-bond acceptors (Lipinski definition) is 1. The third-order valence-electron chi connectivity index (χ3n) is 1.66. The zero-order valence-electron chi connectivity index (χ0n) is 7.07. The van der Waals surface area contributed by atoms with Gasteiger partial charge in [-0.2, -0.15) is 0 Å². The average molecular weight is 283 g/mol. The molecular formula is C11H10IN. The van der Waals surface area contributed by atoms with Crippen LogP contribution in [0.4, 0.5) is 5.69 Å². The maximum absolute atomic E-state index is 3.36. The molecular weight excluding hydrogens is 273 g/mol. The molecule has 0 atom stereocenters. The van der Waals surface area contributed by atoms with Gasteiger partial charge in [-0.15, -0.1) is 0 Å². The number of anilines is 1. The summed E-state index contributed by atoms with van der Waals surface area (Å²) in [5, 5.41) is 3.36. The van der Waals surface area contributed by atoms with Crippen LogP contribution in [0.5, 0.6) is 0 Å². The van der Waals surface area contributed by atoms with E-state index in [9.17, 15) is 0 Å². The van der Waals surface area contributed by atoms with Gasteiger partial charge in [0.2, 0.25) is 0 Å². The first-order chi connectivity index (χ1) is 6.45. The van der Waals surface area contributed by atoms with E-state index in [0.29, 0.717) is 0 Å². The van der Waals surface area contributed by atoms with Crippen molar-refractivity contribution in [1.82, 2.24) is 0 Å². The topological polar surface area (TPSA) is 12.0 Å². The second kappa shape index (κ2) is 4.37. The van der Waals surface area contributed by atoms with Crippen LogP contribution in [0.3, 0.4) is 0 Å². The van der Waals surface area contributed by atoms with E-state index in [0.717, 1.165) is 5.69 Å². The highest BCUT2D eigenvalue weighted by atomic mass is 127. The van der Waals surface area contributed by atoms with Crippen LogP contribution >= 0.6 is 20.7 Å². The summed E-state index contributed by atoms with van der Waals surface area (Å²) >= 11 is 0.140. The molecule has 1 heterocycles. The number of nitrogens with one attached hydrogen (secondary N) is 1. The first kappa shape index (κ1) is 8.69. The summed E-state index contributed by atoms with van der Waals surface area (Å²) in [4.78, 5) is 0. The van der Waals surface area contributed by atoms with Gasteiger partial charge in [-0.25, -0.2) is 0 Å². The Labute approximate surface area is 87.9 Å². The van der Waals surface area contributed by atoms with E-state index in [1.807, 2.05) is 18.2 Å². The molecule has 0 unspecified atom stereocenters. The van der Waals surface area contributed by atoms with Crippen molar-refractivity contribution in [1.29, 1.82) is 0 Å². The van der Waals surface area contributed by atoms with Crippen LogP contribution in [-0.4, -0.2) is 4.01 Å². The van der Waals surface area contributed by atoms with Crippen molar-refractivity contribution in [3.05, 3.63) is 52.3 Å². The van der Waals surface area contributed by atoms with E-state index in [1.165, 1.54) is 5.70 Å². The Morgan fingerprint density at radius 2 is 1.92 bits per heavy atom. The minimum absolute atomic E-state index is 0.140. The predicted octanol–water partition coefficient (Wildman–Crippen LogP) is 3.28. The van der Waals surface area contributed by atoms with Crippen LogP contribution in [0.15, 0.2) is 52.3 Å². The number of benzene rings is 1. The highest BCUT2D eigenvalue weighted by Gasteiger charge is 1.93. The maximum Gasteiger partial charge on any atom is 0.0441 e. The van der Waals surface area contributed by atoms with Gasteiger partial charge in [0.05, 0.1) is 0 Å². The molecule has 0 aliphatic carbocycles. The van der Waals surface area contributed by atoms with Crippen molar-refractivity contribution in [3.8, 4) is 0 Å². The Morgan fingerprint density at radius 1 is 1.08 bits per heavy atom. The Kier molecular flexibility index (Phi) is 2.92. The zero-order chi connectivity index (χ0) is 8.93. The van der Waals surface area contributed by atoms with Crippen LogP contribution in [0.25, 0.3) is 0 Å². The number of allylic oxidation sites excluding steroid dienone is 2. The van der Waals surface area contributed by atoms with Gasteiger partial charge in [0.15, 0.2) is 0 Å². The molecule has 13 heavy (non-hydrogen) atoms. The summed E-state index contributed by atoms with van der Waals surface area (Å²) in [5.41, 5.74) is 2.38. The van der Waals surface area contributed by atoms with E-state index in [2.05, 4.69) is 37.7 Å². The second-order valence-corrected chi connectivity index (χ2v) is 4.73. The zero-order valence-corrected chi connectivity index (χ0v) is 9.23. The first-order valence-corrected chi connectivity index (χ1v) is 6.58. The van der Waals surface area contributed by atoms with Gasteiger partial charge in [0.1, 0.15) is 0 Å². The fourth-order valence-corrected chi connectivity index (χ4v) is 2.49. The Morgan fingerprint density at radius 3 is 2.62 bits per heavy atom. The summed E-state index contributed by atoms with van der Waals surface area (Å²) in [6.07, 6.45) is 4.23. The summed E-state index contributed by atoms with van der Waals surface area (Å²) in [6.45, 7) is 0. The molecule has 0 amide bonds. The van der Waals surface area contributed by atoms with Crippen LogP contribution < -0.4 is 5.32 Å². The molecule has 0 saturated heterocycles. The average Bonchev–Trinajstić information content (AvgIpc) is 2.21. The molecule has 0 radical (unpaired) electrons. The molecule has 1 nitrogen and oxygen atoms in total. The molecule has 0 saturated carbocycles. The summed E-state index contributed by atoms with van der Waals surface area (Å²) in [6, 6.07) is 10.3. The van der Waals surface area contributed by atoms with Gasteiger partial charge in [0, 0.05) is 11.4 Å². The van der Waals surface area contributed by atoms with E-state index in [1.54, 1.807) is 0 Å². The van der Waals surface area contributed by atoms with Crippen LogP contribution in [0.1, 0.15) is 0 Å². The molecule has 0 bridgehead atoms. The van der Waals surface area contributed by atoms with Gasteiger partial charge in [0.25, 0.3) is 0 Å². The van der Waals surface area contributed by atoms with Crippen molar-refractivity contribution in [2.75, 3.05) is 5.32 Å². The lowest BCUT2D eigenvalue weighted by Crippen LogP contribution is -1.96. The molecule has 1 aromatic carbocycles. The fraction of sp³-hybridized carbons (Fsp3) is 0. The highest BCUT2D eigenvalue weighted by molar-refractivity contribution is 14.2. The molecule has 66 valence electrons. The lowest BCUT2D eigenvalue weighted by Gasteiger charge is -2.06. The third-order valence-corrected chi connectivity index (χ3v) is 3.53. The number of hydrogen-bond donors (Lipinski definition) is 1. The minimum atomic E-state index is 0.140.